The van der Waals surface area contributed by atoms with Crippen LogP contribution in [0.25, 0.3) is 11.1 Å². The lowest BCUT2D eigenvalue weighted by Crippen LogP contribution is -2.27. The molecule has 108 valence electrons. The van der Waals surface area contributed by atoms with Gasteiger partial charge in [0, 0.05) is 18.2 Å². The van der Waals surface area contributed by atoms with Gasteiger partial charge >= 0.3 is 0 Å². The van der Waals surface area contributed by atoms with E-state index in [1.807, 2.05) is 49.4 Å². The first-order chi connectivity index (χ1) is 10.1. The molecule has 1 atom stereocenters. The van der Waals surface area contributed by atoms with Gasteiger partial charge in [0.15, 0.2) is 5.75 Å². The van der Waals surface area contributed by atoms with Gasteiger partial charge in [-0.3, -0.25) is 4.79 Å². The molecular formula is C17H18N2O2. The second-order valence-electron chi connectivity index (χ2n) is 5.25. The molecule has 2 N–H and O–H groups in total. The van der Waals surface area contributed by atoms with Gasteiger partial charge in [0.05, 0.1) is 12.2 Å². The fourth-order valence-corrected chi connectivity index (χ4v) is 2.49. The maximum absolute atomic E-state index is 11.2. The summed E-state index contributed by atoms with van der Waals surface area (Å²) in [5.41, 5.74) is 3.85. The number of benzene rings is 2. The minimum absolute atomic E-state index is 0.0752. The summed E-state index contributed by atoms with van der Waals surface area (Å²) in [5.74, 6) is 0.796. The monoisotopic (exact) mass is 282 g/mol. The van der Waals surface area contributed by atoms with Crippen molar-refractivity contribution in [3.8, 4) is 16.9 Å². The smallest absolute Gasteiger partial charge is 0.221 e. The molecule has 1 aliphatic heterocycles. The van der Waals surface area contributed by atoms with Crippen molar-refractivity contribution in [2.45, 2.75) is 20.0 Å². The number of hydrogen-bond donors (Lipinski definition) is 2. The van der Waals surface area contributed by atoms with E-state index in [4.69, 9.17) is 4.74 Å². The summed E-state index contributed by atoms with van der Waals surface area (Å²) in [6.45, 7) is 4.36. The predicted octanol–water partition coefficient (Wildman–Crippen LogP) is 3.50. The first-order valence-electron chi connectivity index (χ1n) is 7.05. The third-order valence-electron chi connectivity index (χ3n) is 3.41. The number of amides is 1. The number of anilines is 2. The quantitative estimate of drug-likeness (QED) is 0.886. The van der Waals surface area contributed by atoms with Crippen LogP contribution in [0, 0.1) is 0 Å². The molecule has 4 heteroatoms. The van der Waals surface area contributed by atoms with Crippen molar-refractivity contribution in [2.24, 2.45) is 0 Å². The number of rotatable bonds is 2. The number of fused-ring (bicyclic) bond motifs is 1. The van der Waals surface area contributed by atoms with E-state index in [2.05, 4.69) is 10.6 Å². The molecule has 1 heterocycles. The van der Waals surface area contributed by atoms with Gasteiger partial charge in [-0.2, -0.15) is 0 Å². The van der Waals surface area contributed by atoms with E-state index in [0.29, 0.717) is 0 Å². The van der Waals surface area contributed by atoms with Crippen LogP contribution in [-0.2, 0) is 4.79 Å². The second-order valence-corrected chi connectivity index (χ2v) is 5.25. The summed E-state index contributed by atoms with van der Waals surface area (Å²) in [5, 5.41) is 6.18. The highest BCUT2D eigenvalue weighted by molar-refractivity contribution is 5.90. The lowest BCUT2D eigenvalue weighted by atomic mass is 10.0. The summed E-state index contributed by atoms with van der Waals surface area (Å²) in [7, 11) is 0. The summed E-state index contributed by atoms with van der Waals surface area (Å²) >= 11 is 0. The summed E-state index contributed by atoms with van der Waals surface area (Å²) < 4.78 is 5.99. The Labute approximate surface area is 124 Å². The van der Waals surface area contributed by atoms with Gasteiger partial charge in [-0.1, -0.05) is 24.3 Å². The zero-order valence-electron chi connectivity index (χ0n) is 12.1. The molecule has 3 rings (SSSR count). The van der Waals surface area contributed by atoms with Crippen molar-refractivity contribution >= 4 is 17.3 Å². The van der Waals surface area contributed by atoms with Crippen molar-refractivity contribution in [1.82, 2.24) is 0 Å². The van der Waals surface area contributed by atoms with Crippen molar-refractivity contribution in [2.75, 3.05) is 17.2 Å². The van der Waals surface area contributed by atoms with E-state index in [0.717, 1.165) is 34.8 Å². The van der Waals surface area contributed by atoms with Gasteiger partial charge in [-0.25, -0.2) is 0 Å². The van der Waals surface area contributed by atoms with Crippen LogP contribution < -0.4 is 15.4 Å². The highest BCUT2D eigenvalue weighted by atomic mass is 16.5. The number of ether oxygens (including phenoxy) is 1. The lowest BCUT2D eigenvalue weighted by Gasteiger charge is -2.27. The molecule has 0 aromatic heterocycles. The van der Waals surface area contributed by atoms with E-state index < -0.39 is 0 Å². The minimum atomic E-state index is -0.0752. The fourth-order valence-electron chi connectivity index (χ4n) is 2.49. The molecule has 2 aromatic carbocycles. The van der Waals surface area contributed by atoms with Crippen LogP contribution in [0.15, 0.2) is 42.5 Å². The van der Waals surface area contributed by atoms with E-state index in [-0.39, 0.29) is 12.0 Å². The predicted molar refractivity (Wildman–Crippen MR) is 84.8 cm³/mol. The fraction of sp³-hybridized carbons (Fsp3) is 0.235. The van der Waals surface area contributed by atoms with Crippen molar-refractivity contribution < 1.29 is 9.53 Å². The molecule has 2 aromatic rings. The average Bonchev–Trinajstić information content (AvgIpc) is 2.46. The van der Waals surface area contributed by atoms with E-state index in [1.54, 1.807) is 0 Å². The Bertz CT molecular complexity index is 682. The zero-order chi connectivity index (χ0) is 14.8. The van der Waals surface area contributed by atoms with Crippen molar-refractivity contribution in [3.05, 3.63) is 42.5 Å². The molecule has 0 spiro atoms. The third kappa shape index (κ3) is 2.84. The standard InChI is InChI=1S/C17H18N2O2/c1-11-10-18-16-8-4-7-15(17(16)21-11)13-5-3-6-14(9-13)19-12(2)20/h3-9,11,18H,10H2,1-2H3,(H,19,20). The van der Waals surface area contributed by atoms with Crippen LogP contribution >= 0.6 is 0 Å². The van der Waals surface area contributed by atoms with E-state index >= 15 is 0 Å². The molecule has 0 saturated heterocycles. The number of carbonyl (C=O) groups excluding carboxylic acids is 1. The highest BCUT2D eigenvalue weighted by Crippen LogP contribution is 2.39. The average molecular weight is 282 g/mol. The molecular weight excluding hydrogens is 264 g/mol. The van der Waals surface area contributed by atoms with Gasteiger partial charge in [-0.15, -0.1) is 0 Å². The molecule has 21 heavy (non-hydrogen) atoms. The van der Waals surface area contributed by atoms with Crippen LogP contribution in [0.2, 0.25) is 0 Å². The first kappa shape index (κ1) is 13.5. The molecule has 0 saturated carbocycles. The Balaban J connectivity index is 2.03. The molecule has 1 amide bonds. The molecule has 0 bridgehead atoms. The van der Waals surface area contributed by atoms with Gasteiger partial charge < -0.3 is 15.4 Å². The molecule has 1 aliphatic rings. The maximum atomic E-state index is 11.2. The topological polar surface area (TPSA) is 50.4 Å². The molecule has 0 radical (unpaired) electrons. The van der Waals surface area contributed by atoms with Gasteiger partial charge in [0.25, 0.3) is 0 Å². The molecule has 1 unspecified atom stereocenters. The van der Waals surface area contributed by atoms with Crippen molar-refractivity contribution in [1.29, 1.82) is 0 Å². The summed E-state index contributed by atoms with van der Waals surface area (Å²) in [6, 6.07) is 13.8. The molecule has 4 nitrogen and oxygen atoms in total. The van der Waals surface area contributed by atoms with Gasteiger partial charge in [0.2, 0.25) is 5.91 Å². The van der Waals surface area contributed by atoms with Gasteiger partial charge in [-0.05, 0) is 30.7 Å². The lowest BCUT2D eigenvalue weighted by molar-refractivity contribution is -0.114. The van der Waals surface area contributed by atoms with Gasteiger partial charge in [0.1, 0.15) is 6.10 Å². The summed E-state index contributed by atoms with van der Waals surface area (Å²) in [6.07, 6.45) is 0.136. The van der Waals surface area contributed by atoms with Crippen LogP contribution in [-0.4, -0.2) is 18.6 Å². The van der Waals surface area contributed by atoms with E-state index in [1.165, 1.54) is 6.92 Å². The minimum Gasteiger partial charge on any atom is -0.486 e. The Kier molecular flexibility index (Phi) is 3.52. The van der Waals surface area contributed by atoms with Crippen LogP contribution in [0.4, 0.5) is 11.4 Å². The number of nitrogens with one attached hydrogen (secondary N) is 2. The maximum Gasteiger partial charge on any atom is 0.221 e. The molecule has 0 aliphatic carbocycles. The number of carbonyl (C=O) groups is 1. The summed E-state index contributed by atoms with van der Waals surface area (Å²) in [4.78, 5) is 11.2. The van der Waals surface area contributed by atoms with E-state index in [9.17, 15) is 4.79 Å². The van der Waals surface area contributed by atoms with Crippen molar-refractivity contribution in [3.63, 3.8) is 0 Å². The van der Waals surface area contributed by atoms with Crippen LogP contribution in [0.5, 0.6) is 5.75 Å². The highest BCUT2D eigenvalue weighted by Gasteiger charge is 2.19. The largest absolute Gasteiger partial charge is 0.486 e. The normalized spacial score (nSPS) is 16.4. The Morgan fingerprint density at radius 2 is 2.10 bits per heavy atom. The SMILES string of the molecule is CC(=O)Nc1cccc(-c2cccc3c2OC(C)CN3)c1. The molecule has 0 fully saturated rings. The second kappa shape index (κ2) is 5.48. The van der Waals surface area contributed by atoms with Crippen LogP contribution in [0.3, 0.4) is 0 Å². The van der Waals surface area contributed by atoms with Crippen LogP contribution in [0.1, 0.15) is 13.8 Å². The third-order valence-corrected chi connectivity index (χ3v) is 3.41. The zero-order valence-corrected chi connectivity index (χ0v) is 12.1. The first-order valence-corrected chi connectivity index (χ1v) is 7.05. The number of para-hydroxylation sites is 1. The Morgan fingerprint density at radius 1 is 1.29 bits per heavy atom. The Hall–Kier alpha value is -2.49. The number of hydrogen-bond acceptors (Lipinski definition) is 3. The Morgan fingerprint density at radius 3 is 2.90 bits per heavy atom.